The first-order valence-electron chi connectivity index (χ1n) is 7.65. The molecule has 1 fully saturated rings. The summed E-state index contributed by atoms with van der Waals surface area (Å²) in [4.78, 5) is 14.6. The predicted octanol–water partition coefficient (Wildman–Crippen LogP) is 2.97. The molecule has 3 heteroatoms. The molecule has 1 heterocycles. The zero-order valence-electron chi connectivity index (χ0n) is 12.0. The number of hydrogen-bond donors (Lipinski definition) is 1. The molecule has 1 aliphatic rings. The van der Waals surface area contributed by atoms with Crippen molar-refractivity contribution >= 4 is 5.91 Å². The largest absolute Gasteiger partial charge is 0.396 e. The number of rotatable bonds is 8. The van der Waals surface area contributed by atoms with Gasteiger partial charge in [-0.2, -0.15) is 0 Å². The van der Waals surface area contributed by atoms with Crippen LogP contribution in [0.1, 0.15) is 65.2 Å². The van der Waals surface area contributed by atoms with Crippen molar-refractivity contribution in [1.82, 2.24) is 4.90 Å². The van der Waals surface area contributed by atoms with Crippen LogP contribution in [0.15, 0.2) is 0 Å². The van der Waals surface area contributed by atoms with Gasteiger partial charge in [0.25, 0.3) is 0 Å². The van der Waals surface area contributed by atoms with E-state index in [1.807, 2.05) is 0 Å². The summed E-state index contributed by atoms with van der Waals surface area (Å²) in [5, 5.41) is 8.92. The van der Waals surface area contributed by atoms with Crippen LogP contribution < -0.4 is 0 Å². The van der Waals surface area contributed by atoms with Crippen LogP contribution in [0, 0.1) is 5.92 Å². The van der Waals surface area contributed by atoms with Crippen LogP contribution in [0.5, 0.6) is 0 Å². The van der Waals surface area contributed by atoms with Gasteiger partial charge in [0, 0.05) is 25.1 Å². The molecule has 106 valence electrons. The molecule has 1 aliphatic heterocycles. The van der Waals surface area contributed by atoms with Gasteiger partial charge in [0.15, 0.2) is 0 Å². The summed E-state index contributed by atoms with van der Waals surface area (Å²) in [5.74, 6) is 0.589. The van der Waals surface area contributed by atoms with E-state index in [0.717, 1.165) is 57.9 Å². The number of carbonyl (C=O) groups excluding carboxylic acids is 1. The molecular formula is C15H29NO2. The number of aliphatic hydroxyl groups is 1. The first-order valence-corrected chi connectivity index (χ1v) is 7.65. The fourth-order valence-electron chi connectivity index (χ4n) is 2.94. The smallest absolute Gasteiger partial charge is 0.225 e. The van der Waals surface area contributed by atoms with Crippen LogP contribution in [0.3, 0.4) is 0 Å². The number of likely N-dealkylation sites (tertiary alicyclic amines) is 1. The third kappa shape index (κ3) is 4.27. The van der Waals surface area contributed by atoms with E-state index in [-0.39, 0.29) is 12.5 Å². The Hall–Kier alpha value is -0.570. The Morgan fingerprint density at radius 1 is 1.39 bits per heavy atom. The first kappa shape index (κ1) is 15.5. The Balaban J connectivity index is 2.51. The lowest BCUT2D eigenvalue weighted by Gasteiger charge is -2.28. The molecule has 0 aromatic rings. The van der Waals surface area contributed by atoms with Crippen molar-refractivity contribution in [2.75, 3.05) is 13.2 Å². The molecule has 0 aliphatic carbocycles. The fourth-order valence-corrected chi connectivity index (χ4v) is 2.94. The Labute approximate surface area is 112 Å². The Morgan fingerprint density at radius 3 is 2.78 bits per heavy atom. The van der Waals surface area contributed by atoms with Gasteiger partial charge in [0.2, 0.25) is 5.91 Å². The maximum Gasteiger partial charge on any atom is 0.225 e. The second-order valence-corrected chi connectivity index (χ2v) is 5.44. The molecule has 0 aromatic heterocycles. The highest BCUT2D eigenvalue weighted by Crippen LogP contribution is 2.26. The molecule has 1 saturated heterocycles. The highest BCUT2D eigenvalue weighted by molar-refractivity contribution is 5.79. The summed E-state index contributed by atoms with van der Waals surface area (Å²) in [6.45, 7) is 5.47. The van der Waals surface area contributed by atoms with Crippen molar-refractivity contribution in [3.05, 3.63) is 0 Å². The van der Waals surface area contributed by atoms with E-state index in [0.29, 0.717) is 11.9 Å². The lowest BCUT2D eigenvalue weighted by Crippen LogP contribution is -2.39. The van der Waals surface area contributed by atoms with Gasteiger partial charge in [-0.25, -0.2) is 0 Å². The standard InChI is InChI=1S/C15H29NO2/c1-3-5-8-13(4-2)15(18)16-11-6-9-14(16)10-7-12-17/h13-14,17H,3-12H2,1-2H3. The van der Waals surface area contributed by atoms with Gasteiger partial charge in [-0.1, -0.05) is 26.7 Å². The average Bonchev–Trinajstić information content (AvgIpc) is 2.85. The third-order valence-electron chi connectivity index (χ3n) is 4.10. The normalized spacial score (nSPS) is 21.3. The molecule has 18 heavy (non-hydrogen) atoms. The SMILES string of the molecule is CCCCC(CC)C(=O)N1CCCC1CCCO. The maximum absolute atomic E-state index is 12.5. The molecule has 3 nitrogen and oxygen atoms in total. The lowest BCUT2D eigenvalue weighted by atomic mass is 9.97. The van der Waals surface area contributed by atoms with Crippen molar-refractivity contribution in [3.8, 4) is 0 Å². The molecule has 2 atom stereocenters. The van der Waals surface area contributed by atoms with E-state index in [1.54, 1.807) is 0 Å². The number of aliphatic hydroxyl groups excluding tert-OH is 1. The zero-order valence-corrected chi connectivity index (χ0v) is 12.0. The molecule has 0 saturated carbocycles. The van der Waals surface area contributed by atoms with Crippen LogP contribution in [-0.4, -0.2) is 35.1 Å². The maximum atomic E-state index is 12.5. The monoisotopic (exact) mass is 255 g/mol. The van der Waals surface area contributed by atoms with Crippen molar-refractivity contribution in [2.24, 2.45) is 5.92 Å². The molecule has 2 unspecified atom stereocenters. The molecular weight excluding hydrogens is 226 g/mol. The van der Waals surface area contributed by atoms with E-state index in [2.05, 4.69) is 18.7 Å². The highest BCUT2D eigenvalue weighted by Gasteiger charge is 2.31. The van der Waals surface area contributed by atoms with E-state index in [9.17, 15) is 4.79 Å². The Kier molecular flexibility index (Phi) is 7.33. The quantitative estimate of drug-likeness (QED) is 0.724. The first-order chi connectivity index (χ1) is 8.74. The fraction of sp³-hybridized carbons (Fsp3) is 0.933. The summed E-state index contributed by atoms with van der Waals surface area (Å²) in [5.41, 5.74) is 0. The average molecular weight is 255 g/mol. The minimum Gasteiger partial charge on any atom is -0.396 e. The van der Waals surface area contributed by atoms with Crippen molar-refractivity contribution < 1.29 is 9.90 Å². The van der Waals surface area contributed by atoms with E-state index < -0.39 is 0 Å². The molecule has 1 amide bonds. The number of nitrogens with zero attached hydrogens (tertiary/aromatic N) is 1. The summed E-state index contributed by atoms with van der Waals surface area (Å²) >= 11 is 0. The van der Waals surface area contributed by atoms with Gasteiger partial charge in [-0.3, -0.25) is 4.79 Å². The zero-order chi connectivity index (χ0) is 13.4. The van der Waals surface area contributed by atoms with Crippen LogP contribution in [0.25, 0.3) is 0 Å². The minimum atomic E-state index is 0.222. The number of amides is 1. The second-order valence-electron chi connectivity index (χ2n) is 5.44. The third-order valence-corrected chi connectivity index (χ3v) is 4.10. The Bertz CT molecular complexity index is 243. The topological polar surface area (TPSA) is 40.5 Å². The molecule has 1 rings (SSSR count). The van der Waals surface area contributed by atoms with Crippen LogP contribution in [0.4, 0.5) is 0 Å². The molecule has 0 aromatic carbocycles. The van der Waals surface area contributed by atoms with Crippen LogP contribution in [-0.2, 0) is 4.79 Å². The van der Waals surface area contributed by atoms with Crippen molar-refractivity contribution in [3.63, 3.8) is 0 Å². The van der Waals surface area contributed by atoms with Gasteiger partial charge in [0.1, 0.15) is 0 Å². The molecule has 0 radical (unpaired) electrons. The summed E-state index contributed by atoms with van der Waals surface area (Å²) in [6, 6.07) is 0.389. The van der Waals surface area contributed by atoms with E-state index >= 15 is 0 Å². The van der Waals surface area contributed by atoms with Crippen molar-refractivity contribution in [2.45, 2.75) is 71.3 Å². The molecule has 0 bridgehead atoms. The molecule has 0 spiro atoms. The highest BCUT2D eigenvalue weighted by atomic mass is 16.3. The minimum absolute atomic E-state index is 0.222. The second kappa shape index (κ2) is 8.52. The predicted molar refractivity (Wildman–Crippen MR) is 74.4 cm³/mol. The number of unbranched alkanes of at least 4 members (excludes halogenated alkanes) is 1. The van der Waals surface area contributed by atoms with E-state index in [4.69, 9.17) is 5.11 Å². The van der Waals surface area contributed by atoms with Gasteiger partial charge >= 0.3 is 0 Å². The Morgan fingerprint density at radius 2 is 2.17 bits per heavy atom. The van der Waals surface area contributed by atoms with Gasteiger partial charge in [0.05, 0.1) is 0 Å². The van der Waals surface area contributed by atoms with E-state index in [1.165, 1.54) is 0 Å². The van der Waals surface area contributed by atoms with Gasteiger partial charge < -0.3 is 10.0 Å². The summed E-state index contributed by atoms with van der Waals surface area (Å²) in [7, 11) is 0. The lowest BCUT2D eigenvalue weighted by molar-refractivity contribution is -0.136. The summed E-state index contributed by atoms with van der Waals surface area (Å²) in [6.07, 6.45) is 8.35. The molecule has 1 N–H and O–H groups in total. The number of carbonyl (C=O) groups is 1. The van der Waals surface area contributed by atoms with Crippen LogP contribution >= 0.6 is 0 Å². The van der Waals surface area contributed by atoms with Gasteiger partial charge in [-0.15, -0.1) is 0 Å². The van der Waals surface area contributed by atoms with Crippen molar-refractivity contribution in [1.29, 1.82) is 0 Å². The van der Waals surface area contributed by atoms with Gasteiger partial charge in [-0.05, 0) is 38.5 Å². The summed E-state index contributed by atoms with van der Waals surface area (Å²) < 4.78 is 0. The van der Waals surface area contributed by atoms with Crippen LogP contribution in [0.2, 0.25) is 0 Å². The number of hydrogen-bond acceptors (Lipinski definition) is 2.